The highest BCUT2D eigenvalue weighted by Crippen LogP contribution is 2.43. The molecule has 2 aromatic carbocycles. The number of benzene rings is 2. The summed E-state index contributed by atoms with van der Waals surface area (Å²) in [5.74, 6) is -2.12. The quantitative estimate of drug-likeness (QED) is 0.230. The highest BCUT2D eigenvalue weighted by Gasteiger charge is 2.41. The molecule has 2 atom stereocenters. The maximum Gasteiger partial charge on any atom is 0.338 e. The third-order valence-electron chi connectivity index (χ3n) is 8.10. The van der Waals surface area contributed by atoms with E-state index in [1.165, 1.54) is 0 Å². The number of ether oxygens (including phenoxy) is 4. The third kappa shape index (κ3) is 6.66. The first-order chi connectivity index (χ1) is 21.8. The van der Waals surface area contributed by atoms with Crippen molar-refractivity contribution in [2.45, 2.75) is 72.4 Å². The fourth-order valence-electron chi connectivity index (χ4n) is 6.04. The molecule has 2 unspecified atom stereocenters. The van der Waals surface area contributed by atoms with E-state index >= 15 is 0 Å². The van der Waals surface area contributed by atoms with Crippen molar-refractivity contribution in [1.82, 2.24) is 0 Å². The monoisotopic (exact) mass is 632 g/mol. The number of hydrogen-bond acceptors (Lipinski definition) is 10. The van der Waals surface area contributed by atoms with Crippen molar-refractivity contribution >= 4 is 46.4 Å². The second-order valence-corrected chi connectivity index (χ2v) is 12.0. The lowest BCUT2D eigenvalue weighted by atomic mass is 9.78. The molecule has 0 fully saturated rings. The van der Waals surface area contributed by atoms with E-state index in [1.807, 2.05) is 36.4 Å². The molecule has 0 radical (unpaired) electrons. The lowest BCUT2D eigenvalue weighted by molar-refractivity contribution is -0.147. The van der Waals surface area contributed by atoms with Crippen LogP contribution in [0.25, 0.3) is 11.1 Å². The average Bonchev–Trinajstić information content (AvgIpc) is 3.01. The number of nitrogens with one attached hydrogen (secondary N) is 2. The van der Waals surface area contributed by atoms with E-state index in [1.54, 1.807) is 53.7 Å². The van der Waals surface area contributed by atoms with Crippen LogP contribution in [0.15, 0.2) is 48.6 Å². The SMILES string of the molecule is CCOC(=O)C1=CC(C)(C(=O)OCC)Nc2ccc(C(c3ccc4c(c3)C(C(=O)OCC)=CC(C)(C(=O)OCC)N4)C(C)C)cc21. The van der Waals surface area contributed by atoms with Crippen LogP contribution in [0, 0.1) is 5.92 Å². The van der Waals surface area contributed by atoms with E-state index in [2.05, 4.69) is 24.5 Å². The van der Waals surface area contributed by atoms with Crippen LogP contribution in [0.1, 0.15) is 83.6 Å². The van der Waals surface area contributed by atoms with Crippen LogP contribution >= 0.6 is 0 Å². The third-order valence-corrected chi connectivity index (χ3v) is 8.10. The zero-order valence-electron chi connectivity index (χ0n) is 27.9. The molecule has 10 nitrogen and oxygen atoms in total. The molecular weight excluding hydrogens is 588 g/mol. The molecule has 4 rings (SSSR count). The second-order valence-electron chi connectivity index (χ2n) is 12.0. The summed E-state index contributed by atoms with van der Waals surface area (Å²) in [4.78, 5) is 52.2. The predicted octanol–water partition coefficient (Wildman–Crippen LogP) is 5.86. The number of carbonyl (C=O) groups excluding carboxylic acids is 4. The van der Waals surface area contributed by atoms with Crippen molar-refractivity contribution in [3.05, 3.63) is 70.8 Å². The molecule has 0 saturated heterocycles. The molecule has 0 saturated carbocycles. The number of carbonyl (C=O) groups is 4. The zero-order valence-corrected chi connectivity index (χ0v) is 27.9. The Bertz CT molecular complexity index is 1480. The Morgan fingerprint density at radius 1 is 0.630 bits per heavy atom. The summed E-state index contributed by atoms with van der Waals surface area (Å²) in [5, 5.41) is 6.51. The highest BCUT2D eigenvalue weighted by atomic mass is 16.5. The smallest absolute Gasteiger partial charge is 0.338 e. The number of rotatable bonds is 11. The largest absolute Gasteiger partial charge is 0.464 e. The van der Waals surface area contributed by atoms with Gasteiger partial charge in [-0.05, 0) is 95.0 Å². The van der Waals surface area contributed by atoms with Crippen molar-refractivity contribution in [2.75, 3.05) is 37.1 Å². The summed E-state index contributed by atoms with van der Waals surface area (Å²) in [7, 11) is 0. The highest BCUT2D eigenvalue weighted by molar-refractivity contribution is 6.21. The molecule has 2 aromatic rings. The van der Waals surface area contributed by atoms with Crippen molar-refractivity contribution in [3.63, 3.8) is 0 Å². The van der Waals surface area contributed by atoms with E-state index < -0.39 is 35.0 Å². The zero-order chi connectivity index (χ0) is 33.8. The van der Waals surface area contributed by atoms with Gasteiger partial charge in [-0.1, -0.05) is 26.0 Å². The summed E-state index contributed by atoms with van der Waals surface area (Å²) >= 11 is 0. The van der Waals surface area contributed by atoms with Crippen molar-refractivity contribution in [3.8, 4) is 0 Å². The Balaban J connectivity index is 1.82. The van der Waals surface area contributed by atoms with Gasteiger partial charge in [0.15, 0.2) is 11.1 Å². The number of anilines is 2. The first-order valence-corrected chi connectivity index (χ1v) is 15.8. The lowest BCUT2D eigenvalue weighted by Gasteiger charge is -2.34. The molecule has 246 valence electrons. The number of fused-ring (bicyclic) bond motifs is 2. The molecule has 10 heteroatoms. The lowest BCUT2D eigenvalue weighted by Crippen LogP contribution is -2.45. The Morgan fingerprint density at radius 3 is 1.33 bits per heavy atom. The van der Waals surface area contributed by atoms with Gasteiger partial charge in [-0.15, -0.1) is 0 Å². The Hall–Kier alpha value is -4.60. The van der Waals surface area contributed by atoms with Crippen LogP contribution in [0.4, 0.5) is 11.4 Å². The Kier molecular flexibility index (Phi) is 10.3. The summed E-state index contributed by atoms with van der Waals surface area (Å²) in [5.41, 5.74) is 2.31. The van der Waals surface area contributed by atoms with Gasteiger partial charge in [-0.2, -0.15) is 0 Å². The van der Waals surface area contributed by atoms with Gasteiger partial charge in [0, 0.05) is 28.4 Å². The van der Waals surface area contributed by atoms with Gasteiger partial charge in [0.25, 0.3) is 0 Å². The molecule has 0 spiro atoms. The molecule has 2 N–H and O–H groups in total. The fourth-order valence-corrected chi connectivity index (χ4v) is 6.04. The molecule has 2 aliphatic rings. The number of esters is 4. The summed E-state index contributed by atoms with van der Waals surface area (Å²) in [6.45, 7) is 15.2. The first kappa shape index (κ1) is 34.3. The van der Waals surface area contributed by atoms with Crippen molar-refractivity contribution in [2.24, 2.45) is 5.92 Å². The van der Waals surface area contributed by atoms with Crippen molar-refractivity contribution < 1.29 is 38.1 Å². The number of hydrogen-bond donors (Lipinski definition) is 2. The van der Waals surface area contributed by atoms with Gasteiger partial charge in [0.2, 0.25) is 0 Å². The molecular formula is C36H44N2O8. The van der Waals surface area contributed by atoms with E-state index in [-0.39, 0.29) is 49.4 Å². The van der Waals surface area contributed by atoms with E-state index in [9.17, 15) is 19.2 Å². The maximum absolute atomic E-state index is 13.2. The average molecular weight is 633 g/mol. The van der Waals surface area contributed by atoms with Crippen LogP contribution in [-0.2, 0) is 38.1 Å². The molecule has 2 aliphatic heterocycles. The molecule has 0 aromatic heterocycles. The van der Waals surface area contributed by atoms with E-state index in [4.69, 9.17) is 18.9 Å². The van der Waals surface area contributed by atoms with Crippen LogP contribution in [0.5, 0.6) is 0 Å². The summed E-state index contributed by atoms with van der Waals surface area (Å²) in [6, 6.07) is 11.5. The van der Waals surface area contributed by atoms with Gasteiger partial charge < -0.3 is 29.6 Å². The molecule has 0 amide bonds. The van der Waals surface area contributed by atoms with Crippen LogP contribution < -0.4 is 10.6 Å². The van der Waals surface area contributed by atoms with Crippen molar-refractivity contribution in [1.29, 1.82) is 0 Å². The van der Waals surface area contributed by atoms with E-state index in [0.29, 0.717) is 22.5 Å². The van der Waals surface area contributed by atoms with Crippen LogP contribution in [0.2, 0.25) is 0 Å². The molecule has 46 heavy (non-hydrogen) atoms. The molecule has 2 heterocycles. The van der Waals surface area contributed by atoms with Crippen LogP contribution in [0.3, 0.4) is 0 Å². The fraction of sp³-hybridized carbons (Fsp3) is 0.444. The predicted molar refractivity (Wildman–Crippen MR) is 176 cm³/mol. The van der Waals surface area contributed by atoms with Gasteiger partial charge in [0.1, 0.15) is 0 Å². The molecule has 0 aliphatic carbocycles. The maximum atomic E-state index is 13.2. The standard InChI is InChI=1S/C36H44N2O8/c1-9-43-31(39)26-19-35(7,33(41)45-11-3)37-28-15-13-22(17-24(26)28)30(21(5)6)23-14-16-29-25(18-23)27(32(40)44-10-2)20-36(8,38-29)34(42)46-12-4/h13-21,30,37-38H,9-12H2,1-8H3. The summed E-state index contributed by atoms with van der Waals surface area (Å²) in [6.07, 6.45) is 3.14. The van der Waals surface area contributed by atoms with Crippen LogP contribution in [-0.4, -0.2) is 61.4 Å². The van der Waals surface area contributed by atoms with Gasteiger partial charge in [-0.25, -0.2) is 19.2 Å². The Labute approximate surface area is 270 Å². The topological polar surface area (TPSA) is 129 Å². The normalized spacial score (nSPS) is 20.5. The van der Waals surface area contributed by atoms with Gasteiger partial charge >= 0.3 is 23.9 Å². The summed E-state index contributed by atoms with van der Waals surface area (Å²) < 4.78 is 21.4. The second kappa shape index (κ2) is 13.8. The van der Waals surface area contributed by atoms with Gasteiger partial charge in [0.05, 0.1) is 37.6 Å². The molecule has 0 bridgehead atoms. The Morgan fingerprint density at radius 2 is 1.00 bits per heavy atom. The van der Waals surface area contributed by atoms with E-state index in [0.717, 1.165) is 11.1 Å². The minimum absolute atomic E-state index is 0.101. The van der Waals surface area contributed by atoms with Gasteiger partial charge in [-0.3, -0.25) is 0 Å². The minimum atomic E-state index is -1.26. The minimum Gasteiger partial charge on any atom is -0.464 e. The first-order valence-electron chi connectivity index (χ1n) is 15.8.